The maximum absolute atomic E-state index is 5.77. The van der Waals surface area contributed by atoms with Crippen LogP contribution < -0.4 is 10.1 Å². The first kappa shape index (κ1) is 13.2. The Morgan fingerprint density at radius 3 is 3.05 bits per heavy atom. The molecule has 0 bridgehead atoms. The Hall–Kier alpha value is -1.81. The third-order valence-corrected chi connectivity index (χ3v) is 3.92. The summed E-state index contributed by atoms with van der Waals surface area (Å²) < 4.78 is 7.64. The average molecular weight is 271 g/mol. The minimum absolute atomic E-state index is 0.291. The van der Waals surface area contributed by atoms with E-state index in [-0.39, 0.29) is 0 Å². The normalized spacial score (nSPS) is 19.2. The van der Waals surface area contributed by atoms with Crippen molar-refractivity contribution < 1.29 is 4.74 Å². The van der Waals surface area contributed by atoms with Crippen LogP contribution in [0.4, 0.5) is 0 Å². The fourth-order valence-corrected chi connectivity index (χ4v) is 3.03. The van der Waals surface area contributed by atoms with Gasteiger partial charge in [0, 0.05) is 30.8 Å². The lowest BCUT2D eigenvalue weighted by atomic mass is 9.84. The van der Waals surface area contributed by atoms with E-state index in [1.165, 1.54) is 11.1 Å². The smallest absolute Gasteiger partial charge is 0.122 e. The number of hydrogen-bond donors (Lipinski definition) is 1. The van der Waals surface area contributed by atoms with Crippen LogP contribution >= 0.6 is 0 Å². The van der Waals surface area contributed by atoms with E-state index < -0.39 is 0 Å². The second kappa shape index (κ2) is 5.67. The highest BCUT2D eigenvalue weighted by atomic mass is 16.5. The predicted molar refractivity (Wildman–Crippen MR) is 78.9 cm³/mol. The van der Waals surface area contributed by atoms with E-state index in [4.69, 9.17) is 4.74 Å². The molecular weight excluding hydrogens is 250 g/mol. The molecule has 1 aliphatic heterocycles. The second-order valence-corrected chi connectivity index (χ2v) is 5.26. The number of aryl methyl sites for hydroxylation is 1. The number of nitrogens with zero attached hydrogens (tertiary/aromatic N) is 2. The molecule has 1 N–H and O–H groups in total. The third-order valence-electron chi connectivity index (χ3n) is 3.92. The fourth-order valence-electron chi connectivity index (χ4n) is 3.03. The molecule has 2 aromatic rings. The number of rotatable bonds is 4. The molecule has 0 amide bonds. The van der Waals surface area contributed by atoms with E-state index in [1.54, 1.807) is 0 Å². The summed E-state index contributed by atoms with van der Waals surface area (Å²) in [6, 6.07) is 8.66. The predicted octanol–water partition coefficient (Wildman–Crippen LogP) is 2.64. The standard InChI is InChI=1S/C16H21N3O/c1-3-17-16(12-10-18-19(2)11-12)14-8-9-20-15-7-5-4-6-13(14)15/h4-7,10-11,14,16-17H,3,8-9H2,1-2H3. The lowest BCUT2D eigenvalue weighted by Gasteiger charge is -2.32. The molecule has 0 radical (unpaired) electrons. The minimum atomic E-state index is 0.291. The summed E-state index contributed by atoms with van der Waals surface area (Å²) in [7, 11) is 1.96. The Morgan fingerprint density at radius 2 is 2.30 bits per heavy atom. The van der Waals surface area contributed by atoms with Gasteiger partial charge < -0.3 is 10.1 Å². The van der Waals surface area contributed by atoms with Gasteiger partial charge in [-0.15, -0.1) is 0 Å². The van der Waals surface area contributed by atoms with Crippen molar-refractivity contribution in [2.24, 2.45) is 7.05 Å². The van der Waals surface area contributed by atoms with Gasteiger partial charge in [-0.25, -0.2) is 0 Å². The van der Waals surface area contributed by atoms with Gasteiger partial charge in [0.2, 0.25) is 0 Å². The lowest BCUT2D eigenvalue weighted by Crippen LogP contribution is -2.30. The third kappa shape index (κ3) is 2.43. The van der Waals surface area contributed by atoms with Crippen molar-refractivity contribution in [1.82, 2.24) is 15.1 Å². The zero-order chi connectivity index (χ0) is 13.9. The maximum atomic E-state index is 5.77. The molecule has 2 unspecified atom stereocenters. The monoisotopic (exact) mass is 271 g/mol. The van der Waals surface area contributed by atoms with Crippen molar-refractivity contribution in [2.75, 3.05) is 13.2 Å². The van der Waals surface area contributed by atoms with E-state index in [0.29, 0.717) is 12.0 Å². The van der Waals surface area contributed by atoms with Crippen LogP contribution in [0.3, 0.4) is 0 Å². The van der Waals surface area contributed by atoms with E-state index >= 15 is 0 Å². The number of para-hydroxylation sites is 1. The van der Waals surface area contributed by atoms with Gasteiger partial charge in [0.25, 0.3) is 0 Å². The SMILES string of the molecule is CCNC(c1cnn(C)c1)C1CCOc2ccccc21. The minimum Gasteiger partial charge on any atom is -0.493 e. The van der Waals surface area contributed by atoms with Crippen LogP contribution in [0.15, 0.2) is 36.7 Å². The highest BCUT2D eigenvalue weighted by Crippen LogP contribution is 2.41. The molecule has 106 valence electrons. The van der Waals surface area contributed by atoms with Crippen LogP contribution in [0.25, 0.3) is 0 Å². The van der Waals surface area contributed by atoms with Gasteiger partial charge >= 0.3 is 0 Å². The Labute approximate surface area is 119 Å². The topological polar surface area (TPSA) is 39.1 Å². The summed E-state index contributed by atoms with van der Waals surface area (Å²) in [5.41, 5.74) is 2.55. The molecule has 3 rings (SSSR count). The van der Waals surface area contributed by atoms with Crippen molar-refractivity contribution >= 4 is 0 Å². The Kier molecular flexibility index (Phi) is 3.74. The van der Waals surface area contributed by atoms with Gasteiger partial charge in [-0.3, -0.25) is 4.68 Å². The van der Waals surface area contributed by atoms with Crippen molar-refractivity contribution in [2.45, 2.75) is 25.3 Å². The molecule has 2 heterocycles. The van der Waals surface area contributed by atoms with E-state index in [9.17, 15) is 0 Å². The number of nitrogens with one attached hydrogen (secondary N) is 1. The molecule has 1 aliphatic rings. The molecule has 1 aromatic heterocycles. The van der Waals surface area contributed by atoms with Gasteiger partial charge in [-0.2, -0.15) is 5.10 Å². The van der Waals surface area contributed by atoms with Gasteiger partial charge in [-0.05, 0) is 24.6 Å². The van der Waals surface area contributed by atoms with Crippen LogP contribution in [0.5, 0.6) is 5.75 Å². The quantitative estimate of drug-likeness (QED) is 0.929. The summed E-state index contributed by atoms with van der Waals surface area (Å²) >= 11 is 0. The Balaban J connectivity index is 1.96. The molecule has 0 aliphatic carbocycles. The summed E-state index contributed by atoms with van der Waals surface area (Å²) in [5.74, 6) is 1.46. The first-order valence-corrected chi connectivity index (χ1v) is 7.23. The van der Waals surface area contributed by atoms with Crippen LogP contribution in [-0.2, 0) is 7.05 Å². The van der Waals surface area contributed by atoms with Crippen LogP contribution in [0, 0.1) is 0 Å². The first-order chi connectivity index (χ1) is 9.79. The second-order valence-electron chi connectivity index (χ2n) is 5.26. The van der Waals surface area contributed by atoms with Crippen LogP contribution in [0.2, 0.25) is 0 Å². The summed E-state index contributed by atoms with van der Waals surface area (Å²) in [4.78, 5) is 0. The molecule has 0 spiro atoms. The first-order valence-electron chi connectivity index (χ1n) is 7.23. The van der Waals surface area contributed by atoms with Crippen molar-refractivity contribution in [1.29, 1.82) is 0 Å². The molecule has 4 nitrogen and oxygen atoms in total. The van der Waals surface area contributed by atoms with Gasteiger partial charge in [0.05, 0.1) is 12.8 Å². The van der Waals surface area contributed by atoms with Gasteiger partial charge in [0.15, 0.2) is 0 Å². The summed E-state index contributed by atoms with van der Waals surface area (Å²) in [6.07, 6.45) is 5.10. The van der Waals surface area contributed by atoms with Gasteiger partial charge in [0.1, 0.15) is 5.75 Å². The summed E-state index contributed by atoms with van der Waals surface area (Å²) in [6.45, 7) is 3.87. The molecule has 0 saturated carbocycles. The van der Waals surface area contributed by atoms with Crippen molar-refractivity contribution in [3.8, 4) is 5.75 Å². The van der Waals surface area contributed by atoms with E-state index in [0.717, 1.165) is 25.3 Å². The largest absolute Gasteiger partial charge is 0.493 e. The van der Waals surface area contributed by atoms with Gasteiger partial charge in [-0.1, -0.05) is 25.1 Å². The van der Waals surface area contributed by atoms with E-state index in [1.807, 2.05) is 24.0 Å². The highest BCUT2D eigenvalue weighted by molar-refractivity contribution is 5.40. The van der Waals surface area contributed by atoms with Crippen LogP contribution in [-0.4, -0.2) is 22.9 Å². The van der Waals surface area contributed by atoms with E-state index in [2.05, 4.69) is 41.7 Å². The molecule has 20 heavy (non-hydrogen) atoms. The van der Waals surface area contributed by atoms with Crippen LogP contribution in [0.1, 0.15) is 36.4 Å². The molecule has 4 heteroatoms. The molecule has 2 atom stereocenters. The zero-order valence-electron chi connectivity index (χ0n) is 12.0. The Bertz CT molecular complexity index is 579. The number of ether oxygens (including phenoxy) is 1. The number of benzene rings is 1. The highest BCUT2D eigenvalue weighted by Gasteiger charge is 2.30. The number of aromatic nitrogens is 2. The molecule has 1 aromatic carbocycles. The number of fused-ring (bicyclic) bond motifs is 1. The van der Waals surface area contributed by atoms with Crippen molar-refractivity contribution in [3.05, 3.63) is 47.8 Å². The molecule has 0 fully saturated rings. The zero-order valence-corrected chi connectivity index (χ0v) is 12.0. The number of likely N-dealkylation sites (N-methyl/N-ethyl adjacent to an activating group) is 1. The Morgan fingerprint density at radius 1 is 1.45 bits per heavy atom. The maximum Gasteiger partial charge on any atom is 0.122 e. The molecule has 0 saturated heterocycles. The molecular formula is C16H21N3O. The summed E-state index contributed by atoms with van der Waals surface area (Å²) in [5, 5.41) is 7.93. The fraction of sp³-hybridized carbons (Fsp3) is 0.438. The average Bonchev–Trinajstić information content (AvgIpc) is 2.91. The lowest BCUT2D eigenvalue weighted by molar-refractivity contribution is 0.246. The van der Waals surface area contributed by atoms with Crippen molar-refractivity contribution in [3.63, 3.8) is 0 Å². The number of hydrogen-bond acceptors (Lipinski definition) is 3.